The summed E-state index contributed by atoms with van der Waals surface area (Å²) in [5, 5.41) is 1.20. The quantitative estimate of drug-likeness (QED) is 0.620. The van der Waals surface area contributed by atoms with E-state index in [9.17, 15) is 9.18 Å². The van der Waals surface area contributed by atoms with E-state index >= 15 is 0 Å². The smallest absolute Gasteiger partial charge is 0.339 e. The van der Waals surface area contributed by atoms with Gasteiger partial charge in [0.2, 0.25) is 0 Å². The van der Waals surface area contributed by atoms with E-state index in [2.05, 4.69) is 0 Å². The predicted molar refractivity (Wildman–Crippen MR) is 92.4 cm³/mol. The molecule has 0 amide bonds. The third kappa shape index (κ3) is 2.89. The molecule has 0 aliphatic rings. The number of benzene rings is 2. The van der Waals surface area contributed by atoms with Crippen LogP contribution in [-0.2, 0) is 6.61 Å². The molecule has 0 bridgehead atoms. The molecule has 0 N–H and O–H groups in total. The van der Waals surface area contributed by atoms with Gasteiger partial charge in [-0.15, -0.1) is 0 Å². The molecule has 0 saturated carbocycles. The standard InChI is InChI=1S/C19H16ClFO3/c1-10-11(2)19(22)24-18-12(3)17(7-6-15(10)18)23-9-13-4-5-14(21)8-16(13)20/h4-8H,9H2,1-3H3. The van der Waals surface area contributed by atoms with Gasteiger partial charge < -0.3 is 9.15 Å². The Morgan fingerprint density at radius 2 is 1.83 bits per heavy atom. The van der Waals surface area contributed by atoms with Crippen molar-refractivity contribution in [1.29, 1.82) is 0 Å². The van der Waals surface area contributed by atoms with Gasteiger partial charge in [-0.2, -0.15) is 0 Å². The van der Waals surface area contributed by atoms with Gasteiger partial charge >= 0.3 is 5.63 Å². The second-order valence-corrected chi connectivity index (χ2v) is 6.14. The van der Waals surface area contributed by atoms with Crippen LogP contribution in [-0.4, -0.2) is 0 Å². The number of halogens is 2. The summed E-state index contributed by atoms with van der Waals surface area (Å²) in [7, 11) is 0. The van der Waals surface area contributed by atoms with Crippen LogP contribution in [0.15, 0.2) is 39.5 Å². The lowest BCUT2D eigenvalue weighted by Crippen LogP contribution is -2.07. The molecule has 0 aliphatic heterocycles. The molecule has 0 fully saturated rings. The van der Waals surface area contributed by atoms with Crippen molar-refractivity contribution in [2.24, 2.45) is 0 Å². The van der Waals surface area contributed by atoms with Crippen molar-refractivity contribution < 1.29 is 13.5 Å². The highest BCUT2D eigenvalue weighted by Gasteiger charge is 2.13. The highest BCUT2D eigenvalue weighted by Crippen LogP contribution is 2.30. The van der Waals surface area contributed by atoms with E-state index in [1.165, 1.54) is 12.1 Å². The summed E-state index contributed by atoms with van der Waals surface area (Å²) in [6, 6.07) is 7.88. The fraction of sp³-hybridized carbons (Fsp3) is 0.211. The van der Waals surface area contributed by atoms with Gasteiger partial charge in [0.1, 0.15) is 23.8 Å². The summed E-state index contributed by atoms with van der Waals surface area (Å²) < 4.78 is 24.3. The average molecular weight is 347 g/mol. The maximum absolute atomic E-state index is 13.1. The SMILES string of the molecule is Cc1c(C)c2ccc(OCc3ccc(F)cc3Cl)c(C)c2oc1=O. The first-order valence-corrected chi connectivity index (χ1v) is 7.86. The number of aryl methyl sites for hydroxylation is 2. The number of hydrogen-bond acceptors (Lipinski definition) is 3. The average Bonchev–Trinajstić information content (AvgIpc) is 2.54. The number of fused-ring (bicyclic) bond motifs is 1. The van der Waals surface area contributed by atoms with Gasteiger partial charge in [-0.1, -0.05) is 17.7 Å². The molecular formula is C19H16ClFO3. The van der Waals surface area contributed by atoms with Gasteiger partial charge in [0, 0.05) is 22.1 Å². The Balaban J connectivity index is 1.97. The number of rotatable bonds is 3. The summed E-state index contributed by atoms with van der Waals surface area (Å²) in [5.74, 6) is 0.201. The van der Waals surface area contributed by atoms with E-state index in [-0.39, 0.29) is 12.2 Å². The van der Waals surface area contributed by atoms with Crippen LogP contribution >= 0.6 is 11.6 Å². The van der Waals surface area contributed by atoms with Gasteiger partial charge in [0.15, 0.2) is 0 Å². The second-order valence-electron chi connectivity index (χ2n) is 5.73. The molecule has 0 aliphatic carbocycles. The van der Waals surface area contributed by atoms with Crippen LogP contribution in [0.4, 0.5) is 4.39 Å². The molecule has 3 nitrogen and oxygen atoms in total. The van der Waals surface area contributed by atoms with Crippen molar-refractivity contribution in [2.45, 2.75) is 27.4 Å². The zero-order chi connectivity index (χ0) is 17.4. The predicted octanol–water partition coefficient (Wildman–Crippen LogP) is 5.09. The van der Waals surface area contributed by atoms with Crippen molar-refractivity contribution >= 4 is 22.6 Å². The molecule has 2 aromatic carbocycles. The minimum absolute atomic E-state index is 0.195. The fourth-order valence-corrected chi connectivity index (χ4v) is 2.80. The molecule has 5 heteroatoms. The zero-order valence-corrected chi connectivity index (χ0v) is 14.3. The number of hydrogen-bond donors (Lipinski definition) is 0. The molecule has 0 spiro atoms. The maximum atomic E-state index is 13.1. The van der Waals surface area contributed by atoms with Gasteiger partial charge in [-0.3, -0.25) is 0 Å². The van der Waals surface area contributed by atoms with Crippen LogP contribution in [0.25, 0.3) is 11.0 Å². The molecule has 0 saturated heterocycles. The Hall–Kier alpha value is -2.33. The molecular weight excluding hydrogens is 331 g/mol. The van der Waals surface area contributed by atoms with Gasteiger partial charge in [0.05, 0.1) is 5.02 Å². The summed E-state index contributed by atoms with van der Waals surface area (Å²) in [4.78, 5) is 11.9. The summed E-state index contributed by atoms with van der Waals surface area (Å²) in [5.41, 5.74) is 3.10. The molecule has 124 valence electrons. The lowest BCUT2D eigenvalue weighted by molar-refractivity contribution is 0.304. The molecule has 0 unspecified atom stereocenters. The van der Waals surface area contributed by atoms with Crippen LogP contribution in [0.1, 0.15) is 22.3 Å². The van der Waals surface area contributed by atoms with Gasteiger partial charge in [-0.25, -0.2) is 9.18 Å². The molecule has 3 rings (SSSR count). The normalized spacial score (nSPS) is 11.0. The van der Waals surface area contributed by atoms with Crippen molar-refractivity contribution in [1.82, 2.24) is 0 Å². The first-order chi connectivity index (χ1) is 11.4. The van der Waals surface area contributed by atoms with E-state index in [1.807, 2.05) is 26.0 Å². The molecule has 0 radical (unpaired) electrons. The van der Waals surface area contributed by atoms with Crippen LogP contribution in [0.3, 0.4) is 0 Å². The van der Waals surface area contributed by atoms with E-state index in [4.69, 9.17) is 20.8 Å². The van der Waals surface area contributed by atoms with Crippen molar-refractivity contribution in [3.63, 3.8) is 0 Å². The first-order valence-electron chi connectivity index (χ1n) is 7.49. The highest BCUT2D eigenvalue weighted by atomic mass is 35.5. The number of ether oxygens (including phenoxy) is 1. The van der Waals surface area contributed by atoms with Crippen LogP contribution < -0.4 is 10.4 Å². The Labute approximate surface area is 143 Å². The molecule has 24 heavy (non-hydrogen) atoms. The topological polar surface area (TPSA) is 39.4 Å². The van der Waals surface area contributed by atoms with E-state index in [1.54, 1.807) is 13.0 Å². The molecule has 3 aromatic rings. The van der Waals surface area contributed by atoms with Crippen LogP contribution in [0, 0.1) is 26.6 Å². The largest absolute Gasteiger partial charge is 0.488 e. The first kappa shape index (κ1) is 16.5. The van der Waals surface area contributed by atoms with Crippen molar-refractivity contribution in [3.05, 3.63) is 73.8 Å². The van der Waals surface area contributed by atoms with Crippen molar-refractivity contribution in [3.8, 4) is 5.75 Å². The van der Waals surface area contributed by atoms with Crippen LogP contribution in [0.5, 0.6) is 5.75 Å². The van der Waals surface area contributed by atoms with Gasteiger partial charge in [-0.05, 0) is 50.6 Å². The van der Waals surface area contributed by atoms with E-state index in [0.717, 1.165) is 16.5 Å². The zero-order valence-electron chi connectivity index (χ0n) is 13.6. The third-order valence-electron chi connectivity index (χ3n) is 4.22. The van der Waals surface area contributed by atoms with E-state index in [0.29, 0.717) is 27.5 Å². The lowest BCUT2D eigenvalue weighted by Gasteiger charge is -2.13. The summed E-state index contributed by atoms with van der Waals surface area (Å²) in [6.45, 7) is 5.67. The van der Waals surface area contributed by atoms with E-state index < -0.39 is 5.82 Å². The monoisotopic (exact) mass is 346 g/mol. The van der Waals surface area contributed by atoms with Crippen molar-refractivity contribution in [2.75, 3.05) is 0 Å². The Morgan fingerprint density at radius 3 is 2.54 bits per heavy atom. The molecule has 0 atom stereocenters. The fourth-order valence-electron chi connectivity index (χ4n) is 2.58. The summed E-state index contributed by atoms with van der Waals surface area (Å²) >= 11 is 6.01. The minimum Gasteiger partial charge on any atom is -0.488 e. The Kier molecular flexibility index (Phi) is 4.33. The molecule has 1 aromatic heterocycles. The second kappa shape index (κ2) is 6.29. The Morgan fingerprint density at radius 1 is 1.08 bits per heavy atom. The third-order valence-corrected chi connectivity index (χ3v) is 4.57. The van der Waals surface area contributed by atoms with Crippen LogP contribution in [0.2, 0.25) is 5.02 Å². The highest BCUT2D eigenvalue weighted by molar-refractivity contribution is 6.31. The lowest BCUT2D eigenvalue weighted by atomic mass is 10.0. The molecule has 1 heterocycles. The summed E-state index contributed by atoms with van der Waals surface area (Å²) in [6.07, 6.45) is 0. The maximum Gasteiger partial charge on any atom is 0.339 e. The van der Waals surface area contributed by atoms with Gasteiger partial charge in [0.25, 0.3) is 0 Å². The minimum atomic E-state index is -0.391. The Bertz CT molecular complexity index is 992.